The molecule has 7 aromatic rings. The summed E-state index contributed by atoms with van der Waals surface area (Å²) in [5.74, 6) is 0. The molecule has 0 radical (unpaired) electrons. The minimum atomic E-state index is -0.0809. The molecule has 38 heavy (non-hydrogen) atoms. The molecular weight excluding hydrogens is 456 g/mol. The van der Waals surface area contributed by atoms with Gasteiger partial charge in [-0.25, -0.2) is 0 Å². The Hall–Kier alpha value is -4.16. The van der Waals surface area contributed by atoms with Gasteiger partial charge < -0.3 is 0 Å². The standard InChI is InChI=1S/C38H28/c1-37(2)30-12-8-7-11-25(30)28-19-23-20-29-26-16-13-21-9-5-6-10-24(21)35(26)38(3,4)36(29)27-17-14-22-15-18-31(37)34(28)33(22)32(23)27/h5-20H,1-4H3. The van der Waals surface area contributed by atoms with Crippen LogP contribution in [0.15, 0.2) is 97.1 Å². The fraction of sp³-hybridized carbons (Fsp3) is 0.158. The molecule has 0 unspecified atom stereocenters. The van der Waals surface area contributed by atoms with Crippen molar-refractivity contribution in [1.82, 2.24) is 0 Å². The van der Waals surface area contributed by atoms with E-state index in [2.05, 4.69) is 125 Å². The highest BCUT2D eigenvalue weighted by atomic mass is 14.4. The second-order valence-electron chi connectivity index (χ2n) is 12.5. The Morgan fingerprint density at radius 1 is 0.395 bits per heavy atom. The van der Waals surface area contributed by atoms with Gasteiger partial charge in [-0.2, -0.15) is 0 Å². The van der Waals surface area contributed by atoms with Gasteiger partial charge >= 0.3 is 0 Å². The lowest BCUT2D eigenvalue weighted by Gasteiger charge is -2.36. The molecule has 0 N–H and O–H groups in total. The maximum atomic E-state index is 2.50. The van der Waals surface area contributed by atoms with Crippen molar-refractivity contribution < 1.29 is 0 Å². The summed E-state index contributed by atoms with van der Waals surface area (Å²) in [7, 11) is 0. The first-order valence-electron chi connectivity index (χ1n) is 13.8. The Balaban J connectivity index is 1.51. The molecule has 9 rings (SSSR count). The van der Waals surface area contributed by atoms with E-state index in [1.54, 1.807) is 0 Å². The molecule has 0 atom stereocenters. The second-order valence-corrected chi connectivity index (χ2v) is 12.5. The van der Waals surface area contributed by atoms with Crippen LogP contribution in [0.5, 0.6) is 0 Å². The van der Waals surface area contributed by atoms with Crippen molar-refractivity contribution >= 4 is 43.1 Å². The lowest BCUT2D eigenvalue weighted by molar-refractivity contribution is 0.645. The molecular formula is C38H28. The smallest absolute Gasteiger partial charge is 0.0171 e. The minimum Gasteiger partial charge on any atom is -0.0619 e. The number of rotatable bonds is 0. The summed E-state index contributed by atoms with van der Waals surface area (Å²) in [6, 6.07) is 37.1. The first-order chi connectivity index (χ1) is 18.4. The number of fused-ring (bicyclic) bond motifs is 8. The monoisotopic (exact) mass is 484 g/mol. The summed E-state index contributed by atoms with van der Waals surface area (Å²) < 4.78 is 0. The average Bonchev–Trinajstić information content (AvgIpc) is 3.17. The van der Waals surface area contributed by atoms with Crippen LogP contribution < -0.4 is 0 Å². The largest absolute Gasteiger partial charge is 0.0619 e. The van der Waals surface area contributed by atoms with E-state index in [4.69, 9.17) is 0 Å². The van der Waals surface area contributed by atoms with Gasteiger partial charge in [0.05, 0.1) is 0 Å². The van der Waals surface area contributed by atoms with E-state index in [0.717, 1.165) is 0 Å². The Morgan fingerprint density at radius 3 is 2.00 bits per heavy atom. The predicted molar refractivity (Wildman–Crippen MR) is 163 cm³/mol. The highest BCUT2D eigenvalue weighted by Gasteiger charge is 2.40. The first kappa shape index (κ1) is 20.8. The number of hydrogen-bond donors (Lipinski definition) is 0. The lowest BCUT2D eigenvalue weighted by atomic mass is 9.67. The zero-order valence-corrected chi connectivity index (χ0v) is 22.2. The molecule has 0 nitrogen and oxygen atoms in total. The van der Waals surface area contributed by atoms with Crippen molar-refractivity contribution in [2.45, 2.75) is 38.5 Å². The third-order valence-electron chi connectivity index (χ3n) is 9.92. The topological polar surface area (TPSA) is 0 Å². The Morgan fingerprint density at radius 2 is 1.11 bits per heavy atom. The number of benzene rings is 7. The Bertz CT molecular complexity index is 2170. The molecule has 0 aromatic heterocycles. The van der Waals surface area contributed by atoms with E-state index in [-0.39, 0.29) is 10.8 Å². The van der Waals surface area contributed by atoms with Crippen LogP contribution in [0, 0.1) is 0 Å². The van der Waals surface area contributed by atoms with Crippen LogP contribution in [0.3, 0.4) is 0 Å². The van der Waals surface area contributed by atoms with Crippen molar-refractivity contribution in [3.8, 4) is 22.3 Å². The first-order valence-corrected chi connectivity index (χ1v) is 13.8. The normalized spacial score (nSPS) is 16.3. The SMILES string of the molecule is CC1(C)c2c(ccc3ccccc23)-c2cc3cc4c5c(ccc6ccc(c21)c3c65)C(C)(C)c1ccccc1-4. The van der Waals surface area contributed by atoms with Crippen molar-refractivity contribution in [3.05, 3.63) is 119 Å². The van der Waals surface area contributed by atoms with Crippen LogP contribution in [0.4, 0.5) is 0 Å². The molecule has 0 bridgehead atoms. The van der Waals surface area contributed by atoms with Crippen LogP contribution in [-0.4, -0.2) is 0 Å². The highest BCUT2D eigenvalue weighted by molar-refractivity contribution is 6.29. The van der Waals surface area contributed by atoms with Crippen LogP contribution in [0.1, 0.15) is 49.9 Å². The van der Waals surface area contributed by atoms with Crippen molar-refractivity contribution in [3.63, 3.8) is 0 Å². The summed E-state index contributed by atoms with van der Waals surface area (Å²) in [6.07, 6.45) is 0. The van der Waals surface area contributed by atoms with Gasteiger partial charge in [0, 0.05) is 10.8 Å². The van der Waals surface area contributed by atoms with E-state index in [9.17, 15) is 0 Å². The molecule has 0 amide bonds. The zero-order valence-electron chi connectivity index (χ0n) is 22.2. The van der Waals surface area contributed by atoms with Gasteiger partial charge in [0.25, 0.3) is 0 Å². The van der Waals surface area contributed by atoms with Gasteiger partial charge in [-0.3, -0.25) is 0 Å². The van der Waals surface area contributed by atoms with E-state index < -0.39 is 0 Å². The van der Waals surface area contributed by atoms with Crippen molar-refractivity contribution in [2.24, 2.45) is 0 Å². The Labute approximate surface area is 222 Å². The van der Waals surface area contributed by atoms with E-state index in [1.165, 1.54) is 87.6 Å². The van der Waals surface area contributed by atoms with Crippen molar-refractivity contribution in [1.29, 1.82) is 0 Å². The summed E-state index contributed by atoms with van der Waals surface area (Å²) in [5, 5.41) is 11.1. The van der Waals surface area contributed by atoms with Crippen LogP contribution in [0.2, 0.25) is 0 Å². The zero-order chi connectivity index (χ0) is 25.6. The van der Waals surface area contributed by atoms with Crippen LogP contribution in [-0.2, 0) is 10.8 Å². The van der Waals surface area contributed by atoms with Gasteiger partial charge in [-0.1, -0.05) is 113 Å². The molecule has 0 heteroatoms. The molecule has 180 valence electrons. The lowest BCUT2D eigenvalue weighted by Crippen LogP contribution is -2.23. The fourth-order valence-corrected chi connectivity index (χ4v) is 8.31. The molecule has 0 heterocycles. The fourth-order valence-electron chi connectivity index (χ4n) is 8.31. The molecule has 0 saturated carbocycles. The molecule has 0 fully saturated rings. The average molecular weight is 485 g/mol. The second kappa shape index (κ2) is 6.45. The summed E-state index contributed by atoms with van der Waals surface area (Å²) in [5.41, 5.74) is 11.3. The number of hydrogen-bond acceptors (Lipinski definition) is 0. The molecule has 2 aliphatic rings. The van der Waals surface area contributed by atoms with Gasteiger partial charge in [-0.05, 0) is 99.7 Å². The van der Waals surface area contributed by atoms with Crippen molar-refractivity contribution in [2.75, 3.05) is 0 Å². The summed E-state index contributed by atoms with van der Waals surface area (Å²) in [4.78, 5) is 0. The molecule has 0 aliphatic heterocycles. The van der Waals surface area contributed by atoms with Crippen LogP contribution in [0.25, 0.3) is 65.3 Å². The third-order valence-corrected chi connectivity index (χ3v) is 9.92. The van der Waals surface area contributed by atoms with Gasteiger partial charge in [0.15, 0.2) is 0 Å². The highest BCUT2D eigenvalue weighted by Crippen LogP contribution is 2.57. The molecule has 0 saturated heterocycles. The maximum absolute atomic E-state index is 2.50. The van der Waals surface area contributed by atoms with Gasteiger partial charge in [0.1, 0.15) is 0 Å². The predicted octanol–water partition coefficient (Wildman–Crippen LogP) is 10.3. The molecule has 0 spiro atoms. The van der Waals surface area contributed by atoms with E-state index in [1.807, 2.05) is 0 Å². The summed E-state index contributed by atoms with van der Waals surface area (Å²) in [6.45, 7) is 9.65. The molecule has 7 aromatic carbocycles. The van der Waals surface area contributed by atoms with E-state index in [0.29, 0.717) is 0 Å². The third kappa shape index (κ3) is 2.22. The minimum absolute atomic E-state index is 0.0394. The molecule has 2 aliphatic carbocycles. The van der Waals surface area contributed by atoms with Crippen LogP contribution >= 0.6 is 0 Å². The Kier molecular flexibility index (Phi) is 3.54. The summed E-state index contributed by atoms with van der Waals surface area (Å²) >= 11 is 0. The van der Waals surface area contributed by atoms with Gasteiger partial charge in [0.2, 0.25) is 0 Å². The maximum Gasteiger partial charge on any atom is 0.0171 e. The quantitative estimate of drug-likeness (QED) is 0.188. The van der Waals surface area contributed by atoms with E-state index >= 15 is 0 Å². The van der Waals surface area contributed by atoms with Gasteiger partial charge in [-0.15, -0.1) is 0 Å².